The minimum atomic E-state index is -0.862. The second-order valence-electron chi connectivity index (χ2n) is 5.41. The summed E-state index contributed by atoms with van der Waals surface area (Å²) >= 11 is 0. The molecule has 0 spiro atoms. The maximum atomic E-state index is 12.6. The normalized spacial score (nSPS) is 25.4. The maximum Gasteiger partial charge on any atom is 0.307 e. The molecule has 2 rings (SSSR count). The van der Waals surface area contributed by atoms with Crippen molar-refractivity contribution in [2.24, 2.45) is 17.8 Å². The van der Waals surface area contributed by atoms with Crippen LogP contribution in [-0.2, 0) is 9.59 Å². The average molecular weight is 276 g/mol. The highest BCUT2D eigenvalue weighted by molar-refractivity contribution is 5.97. The summed E-state index contributed by atoms with van der Waals surface area (Å²) in [6.45, 7) is 2.04. The van der Waals surface area contributed by atoms with Crippen molar-refractivity contribution in [1.82, 2.24) is 4.98 Å². The molecule has 1 heterocycles. The van der Waals surface area contributed by atoms with E-state index in [-0.39, 0.29) is 5.91 Å². The molecule has 5 heteroatoms. The first-order valence-corrected chi connectivity index (χ1v) is 6.95. The van der Waals surface area contributed by atoms with E-state index in [1.807, 2.05) is 6.92 Å². The topological polar surface area (TPSA) is 70.5 Å². The van der Waals surface area contributed by atoms with Crippen LogP contribution in [0.5, 0.6) is 0 Å². The highest BCUT2D eigenvalue weighted by Crippen LogP contribution is 2.39. The van der Waals surface area contributed by atoms with E-state index in [1.54, 1.807) is 31.6 Å². The zero-order valence-electron chi connectivity index (χ0n) is 11.8. The quantitative estimate of drug-likeness (QED) is 0.915. The Balaban J connectivity index is 2.17. The highest BCUT2D eigenvalue weighted by atomic mass is 16.4. The third kappa shape index (κ3) is 2.81. The van der Waals surface area contributed by atoms with Crippen molar-refractivity contribution in [3.8, 4) is 0 Å². The molecule has 0 saturated heterocycles. The fraction of sp³-hybridized carbons (Fsp3) is 0.533. The van der Waals surface area contributed by atoms with E-state index < -0.39 is 17.8 Å². The van der Waals surface area contributed by atoms with Gasteiger partial charge in [-0.05, 0) is 30.9 Å². The number of amides is 1. The summed E-state index contributed by atoms with van der Waals surface area (Å²) in [6, 6.07) is 3.56. The molecule has 1 aliphatic carbocycles. The molecule has 1 unspecified atom stereocenters. The van der Waals surface area contributed by atoms with Crippen molar-refractivity contribution in [3.05, 3.63) is 24.5 Å². The molecule has 1 aromatic heterocycles. The maximum absolute atomic E-state index is 12.6. The van der Waals surface area contributed by atoms with Crippen LogP contribution in [0, 0.1) is 17.8 Å². The summed E-state index contributed by atoms with van der Waals surface area (Å²) in [7, 11) is 1.68. The molecule has 0 radical (unpaired) electrons. The third-order valence-corrected chi connectivity index (χ3v) is 4.24. The minimum Gasteiger partial charge on any atom is -0.481 e. The van der Waals surface area contributed by atoms with Crippen LogP contribution in [0.3, 0.4) is 0 Å². The van der Waals surface area contributed by atoms with Crippen LogP contribution < -0.4 is 4.90 Å². The van der Waals surface area contributed by atoms with Gasteiger partial charge in [0.25, 0.3) is 0 Å². The lowest BCUT2D eigenvalue weighted by atomic mass is 9.95. The number of carbonyl (C=O) groups excluding carboxylic acids is 1. The molecule has 20 heavy (non-hydrogen) atoms. The first-order valence-electron chi connectivity index (χ1n) is 6.95. The molecular formula is C15H20N2O3. The van der Waals surface area contributed by atoms with E-state index in [4.69, 9.17) is 0 Å². The standard InChI is InChI=1S/C15H20N2O3/c1-3-10-7-12(13(8-10)15(19)20)14(18)17(2)11-5-4-6-16-9-11/h4-6,9-10,12-13H,3,7-8H2,1-2H3,(H,19,20)/t10?,12-,13+/m0/s1. The van der Waals surface area contributed by atoms with Crippen molar-refractivity contribution < 1.29 is 14.7 Å². The number of carboxylic acid groups (broad SMARTS) is 1. The van der Waals surface area contributed by atoms with E-state index in [0.29, 0.717) is 24.4 Å². The summed E-state index contributed by atoms with van der Waals surface area (Å²) in [6.07, 6.45) is 5.44. The summed E-state index contributed by atoms with van der Waals surface area (Å²) in [5.41, 5.74) is 0.696. The van der Waals surface area contributed by atoms with Crippen LogP contribution in [0.2, 0.25) is 0 Å². The Morgan fingerprint density at radius 3 is 2.65 bits per heavy atom. The number of rotatable bonds is 4. The summed E-state index contributed by atoms with van der Waals surface area (Å²) in [5, 5.41) is 9.32. The second-order valence-corrected chi connectivity index (χ2v) is 5.41. The van der Waals surface area contributed by atoms with Gasteiger partial charge in [0.1, 0.15) is 0 Å². The van der Waals surface area contributed by atoms with Gasteiger partial charge in [-0.3, -0.25) is 14.6 Å². The average Bonchev–Trinajstić information content (AvgIpc) is 2.91. The third-order valence-electron chi connectivity index (χ3n) is 4.24. The Bertz CT molecular complexity index is 489. The van der Waals surface area contributed by atoms with Crippen molar-refractivity contribution in [1.29, 1.82) is 0 Å². The Labute approximate surface area is 118 Å². The molecule has 3 atom stereocenters. The molecule has 108 valence electrons. The van der Waals surface area contributed by atoms with Crippen LogP contribution in [0.4, 0.5) is 5.69 Å². The number of carboxylic acids is 1. The first-order chi connectivity index (χ1) is 9.54. The Hall–Kier alpha value is -1.91. The zero-order chi connectivity index (χ0) is 14.7. The van der Waals surface area contributed by atoms with E-state index >= 15 is 0 Å². The fourth-order valence-electron chi connectivity index (χ4n) is 2.95. The minimum absolute atomic E-state index is 0.124. The van der Waals surface area contributed by atoms with E-state index in [9.17, 15) is 14.7 Å². The first kappa shape index (κ1) is 14.5. The predicted molar refractivity (Wildman–Crippen MR) is 75.3 cm³/mol. The predicted octanol–water partition coefficient (Wildman–Crippen LogP) is 2.18. The molecule has 5 nitrogen and oxygen atoms in total. The van der Waals surface area contributed by atoms with Crippen LogP contribution >= 0.6 is 0 Å². The SMILES string of the molecule is CCC1C[C@H](C(=O)N(C)c2cccnc2)[C@H](C(=O)O)C1. The monoisotopic (exact) mass is 276 g/mol. The van der Waals surface area contributed by atoms with Gasteiger partial charge in [0.05, 0.1) is 23.7 Å². The molecule has 1 fully saturated rings. The van der Waals surface area contributed by atoms with Crippen LogP contribution in [0.15, 0.2) is 24.5 Å². The van der Waals surface area contributed by atoms with Gasteiger partial charge in [-0.1, -0.05) is 13.3 Å². The van der Waals surface area contributed by atoms with Crippen LogP contribution in [-0.4, -0.2) is 29.0 Å². The molecule has 1 saturated carbocycles. The number of hydrogen-bond acceptors (Lipinski definition) is 3. The number of aliphatic carboxylic acids is 1. The zero-order valence-corrected chi connectivity index (χ0v) is 11.8. The number of aromatic nitrogens is 1. The van der Waals surface area contributed by atoms with E-state index in [2.05, 4.69) is 4.98 Å². The van der Waals surface area contributed by atoms with Crippen molar-refractivity contribution in [3.63, 3.8) is 0 Å². The number of hydrogen-bond donors (Lipinski definition) is 1. The van der Waals surface area contributed by atoms with Crippen molar-refractivity contribution in [2.45, 2.75) is 26.2 Å². The lowest BCUT2D eigenvalue weighted by molar-refractivity contribution is -0.145. The molecule has 0 bridgehead atoms. The van der Waals surface area contributed by atoms with Gasteiger partial charge in [-0.2, -0.15) is 0 Å². The summed E-state index contributed by atoms with van der Waals surface area (Å²) < 4.78 is 0. The molecule has 1 aromatic rings. The number of nitrogens with zero attached hydrogens (tertiary/aromatic N) is 2. The number of anilines is 1. The lowest BCUT2D eigenvalue weighted by Crippen LogP contribution is -2.36. The largest absolute Gasteiger partial charge is 0.481 e. The van der Waals surface area contributed by atoms with Crippen LogP contribution in [0.25, 0.3) is 0 Å². The molecule has 1 amide bonds. The highest BCUT2D eigenvalue weighted by Gasteiger charge is 2.43. The molecule has 1 aliphatic rings. The Morgan fingerprint density at radius 2 is 2.10 bits per heavy atom. The number of pyridine rings is 1. The summed E-state index contributed by atoms with van der Waals surface area (Å²) in [5.74, 6) is -1.65. The van der Waals surface area contributed by atoms with Gasteiger partial charge in [0.15, 0.2) is 0 Å². The van der Waals surface area contributed by atoms with Gasteiger partial charge in [0, 0.05) is 13.2 Å². The second kappa shape index (κ2) is 6.03. The van der Waals surface area contributed by atoms with Gasteiger partial charge in [0.2, 0.25) is 5.91 Å². The van der Waals surface area contributed by atoms with E-state index in [1.165, 1.54) is 4.90 Å². The van der Waals surface area contributed by atoms with Crippen LogP contribution in [0.1, 0.15) is 26.2 Å². The Kier molecular flexibility index (Phi) is 4.37. The van der Waals surface area contributed by atoms with E-state index in [0.717, 1.165) is 6.42 Å². The smallest absolute Gasteiger partial charge is 0.307 e. The fourth-order valence-corrected chi connectivity index (χ4v) is 2.95. The van der Waals surface area contributed by atoms with Gasteiger partial charge < -0.3 is 10.0 Å². The van der Waals surface area contributed by atoms with Crippen molar-refractivity contribution >= 4 is 17.6 Å². The number of carbonyl (C=O) groups is 2. The van der Waals surface area contributed by atoms with Gasteiger partial charge >= 0.3 is 5.97 Å². The molecule has 1 N–H and O–H groups in total. The molecular weight excluding hydrogens is 256 g/mol. The Morgan fingerprint density at radius 1 is 1.40 bits per heavy atom. The lowest BCUT2D eigenvalue weighted by Gasteiger charge is -2.23. The van der Waals surface area contributed by atoms with Crippen molar-refractivity contribution in [2.75, 3.05) is 11.9 Å². The molecule has 0 aromatic carbocycles. The summed E-state index contributed by atoms with van der Waals surface area (Å²) in [4.78, 5) is 29.4. The van der Waals surface area contributed by atoms with Gasteiger partial charge in [-0.15, -0.1) is 0 Å². The molecule has 0 aliphatic heterocycles. The van der Waals surface area contributed by atoms with Gasteiger partial charge in [-0.25, -0.2) is 0 Å².